The summed E-state index contributed by atoms with van der Waals surface area (Å²) in [5.74, 6) is -0.439. The lowest BCUT2D eigenvalue weighted by atomic mass is 10.0. The van der Waals surface area contributed by atoms with E-state index in [9.17, 15) is 14.0 Å². The van der Waals surface area contributed by atoms with E-state index in [1.807, 2.05) is 11.5 Å². The molecule has 0 spiro atoms. The highest BCUT2D eigenvalue weighted by Crippen LogP contribution is 2.36. The molecular formula is C26H25FN4O4S3. The number of carbonyl (C=O) groups excluding carboxylic acids is 2. The Bertz CT molecular complexity index is 1440. The third kappa shape index (κ3) is 5.83. The number of esters is 1. The molecule has 0 aliphatic carbocycles. The minimum absolute atomic E-state index is 0.0662. The van der Waals surface area contributed by atoms with Crippen molar-refractivity contribution in [2.45, 2.75) is 37.6 Å². The molecular weight excluding hydrogens is 548 g/mol. The van der Waals surface area contributed by atoms with E-state index < -0.39 is 5.97 Å². The molecule has 0 bridgehead atoms. The first-order valence-electron chi connectivity index (χ1n) is 11.9. The Balaban J connectivity index is 1.33. The summed E-state index contributed by atoms with van der Waals surface area (Å²) in [7, 11) is 1.28. The van der Waals surface area contributed by atoms with E-state index in [1.54, 1.807) is 28.8 Å². The third-order valence-corrected chi connectivity index (χ3v) is 8.76. The predicted molar refractivity (Wildman–Crippen MR) is 147 cm³/mol. The first-order valence-corrected chi connectivity index (χ1v) is 14.7. The summed E-state index contributed by atoms with van der Waals surface area (Å²) in [5, 5.41) is 16.4. The Labute approximate surface area is 231 Å². The summed E-state index contributed by atoms with van der Waals surface area (Å²) in [6.45, 7) is 3.40. The number of thiophene rings is 2. The summed E-state index contributed by atoms with van der Waals surface area (Å²) in [6, 6.07) is 7.88. The van der Waals surface area contributed by atoms with Crippen LogP contribution < -0.4 is 5.32 Å². The molecule has 1 fully saturated rings. The van der Waals surface area contributed by atoms with E-state index in [0.29, 0.717) is 27.8 Å². The number of thioether (sulfide) groups is 1. The number of aryl methyl sites for hydroxylation is 1. The van der Waals surface area contributed by atoms with Gasteiger partial charge in [-0.05, 0) is 43.5 Å². The van der Waals surface area contributed by atoms with Crippen LogP contribution in [-0.4, -0.2) is 52.2 Å². The van der Waals surface area contributed by atoms with Crippen LogP contribution in [0.15, 0.2) is 46.2 Å². The monoisotopic (exact) mass is 572 g/mol. The van der Waals surface area contributed by atoms with Crippen molar-refractivity contribution in [1.82, 2.24) is 14.8 Å². The van der Waals surface area contributed by atoms with E-state index in [-0.39, 0.29) is 29.1 Å². The fourth-order valence-corrected chi connectivity index (χ4v) is 6.62. The molecule has 1 aromatic carbocycles. The van der Waals surface area contributed by atoms with Crippen LogP contribution in [0.3, 0.4) is 0 Å². The highest BCUT2D eigenvalue weighted by molar-refractivity contribution is 7.99. The maximum absolute atomic E-state index is 13.4. The van der Waals surface area contributed by atoms with Crippen LogP contribution in [0.5, 0.6) is 0 Å². The maximum Gasteiger partial charge on any atom is 0.341 e. The van der Waals surface area contributed by atoms with Gasteiger partial charge < -0.3 is 14.8 Å². The topological polar surface area (TPSA) is 95.3 Å². The highest BCUT2D eigenvalue weighted by Gasteiger charge is 2.25. The van der Waals surface area contributed by atoms with Crippen LogP contribution in [0, 0.1) is 12.7 Å². The molecule has 5 rings (SSSR count). The van der Waals surface area contributed by atoms with Gasteiger partial charge in [0.2, 0.25) is 5.91 Å². The van der Waals surface area contributed by atoms with Gasteiger partial charge in [0, 0.05) is 33.4 Å². The van der Waals surface area contributed by atoms with E-state index in [2.05, 4.69) is 27.0 Å². The van der Waals surface area contributed by atoms with Gasteiger partial charge in [0.1, 0.15) is 16.4 Å². The van der Waals surface area contributed by atoms with Crippen molar-refractivity contribution in [3.63, 3.8) is 0 Å². The van der Waals surface area contributed by atoms with Gasteiger partial charge in [-0.2, -0.15) is 0 Å². The van der Waals surface area contributed by atoms with E-state index in [1.165, 1.54) is 47.2 Å². The van der Waals surface area contributed by atoms with E-state index >= 15 is 0 Å². The van der Waals surface area contributed by atoms with Gasteiger partial charge in [-0.1, -0.05) is 23.9 Å². The summed E-state index contributed by atoms with van der Waals surface area (Å²) in [6.07, 6.45) is 2.07. The molecule has 0 saturated carbocycles. The van der Waals surface area contributed by atoms with Crippen molar-refractivity contribution in [3.8, 4) is 22.5 Å². The molecule has 38 heavy (non-hydrogen) atoms. The van der Waals surface area contributed by atoms with Crippen LogP contribution >= 0.6 is 34.4 Å². The average Bonchev–Trinajstić information content (AvgIpc) is 3.71. The van der Waals surface area contributed by atoms with Crippen molar-refractivity contribution in [2.75, 3.05) is 24.8 Å². The standard InChI is InChI=1S/C26H25FN4O4S3/c1-15-10-17(12-36-15)23-29-30-26(31(23)11-19-4-3-9-35-19)38-14-21(32)28-24-22(25(33)34-2)20(13-37-24)16-5-7-18(27)8-6-16/h5-8,10,12-13,19H,3-4,9,11,14H2,1-2H3,(H,28,32). The Kier molecular flexibility index (Phi) is 8.22. The van der Waals surface area contributed by atoms with Crippen molar-refractivity contribution in [2.24, 2.45) is 0 Å². The van der Waals surface area contributed by atoms with Gasteiger partial charge >= 0.3 is 5.97 Å². The number of hydrogen-bond donors (Lipinski definition) is 1. The van der Waals surface area contributed by atoms with Crippen LogP contribution in [0.2, 0.25) is 0 Å². The highest BCUT2D eigenvalue weighted by atomic mass is 32.2. The van der Waals surface area contributed by atoms with E-state index in [4.69, 9.17) is 9.47 Å². The quantitative estimate of drug-likeness (QED) is 0.198. The Morgan fingerprint density at radius 3 is 2.71 bits per heavy atom. The van der Waals surface area contributed by atoms with Gasteiger partial charge in [0.25, 0.3) is 0 Å². The molecule has 1 amide bonds. The molecule has 4 heterocycles. The number of rotatable bonds is 9. The Morgan fingerprint density at radius 2 is 2.03 bits per heavy atom. The van der Waals surface area contributed by atoms with E-state index in [0.717, 1.165) is 30.8 Å². The van der Waals surface area contributed by atoms with Gasteiger partial charge in [0.15, 0.2) is 11.0 Å². The smallest absolute Gasteiger partial charge is 0.341 e. The van der Waals surface area contributed by atoms with Crippen molar-refractivity contribution < 1.29 is 23.5 Å². The molecule has 198 valence electrons. The van der Waals surface area contributed by atoms with Gasteiger partial charge in [-0.15, -0.1) is 32.9 Å². The minimum Gasteiger partial charge on any atom is -0.465 e. The number of nitrogens with zero attached hydrogens (tertiary/aromatic N) is 3. The zero-order valence-electron chi connectivity index (χ0n) is 20.7. The second-order valence-electron chi connectivity index (χ2n) is 8.69. The van der Waals surface area contributed by atoms with Crippen molar-refractivity contribution in [3.05, 3.63) is 57.3 Å². The molecule has 12 heteroatoms. The number of carbonyl (C=O) groups is 2. The number of ether oxygens (including phenoxy) is 2. The normalized spacial score (nSPS) is 15.1. The van der Waals surface area contributed by atoms with Crippen molar-refractivity contribution >= 4 is 51.3 Å². The van der Waals surface area contributed by atoms with Crippen LogP contribution in [0.25, 0.3) is 22.5 Å². The van der Waals surface area contributed by atoms with Gasteiger partial charge in [-0.3, -0.25) is 9.36 Å². The second-order valence-corrected chi connectivity index (χ2v) is 11.6. The average molecular weight is 573 g/mol. The molecule has 8 nitrogen and oxygen atoms in total. The van der Waals surface area contributed by atoms with Gasteiger partial charge in [0.05, 0.1) is 25.5 Å². The molecule has 0 radical (unpaired) electrons. The SMILES string of the molecule is COC(=O)c1c(-c2ccc(F)cc2)csc1NC(=O)CSc1nnc(-c2csc(C)c2)n1CC1CCCO1. The van der Waals surface area contributed by atoms with Crippen LogP contribution in [0.1, 0.15) is 28.1 Å². The number of benzene rings is 1. The maximum atomic E-state index is 13.4. The fraction of sp³-hybridized carbons (Fsp3) is 0.308. The number of anilines is 1. The molecule has 1 saturated heterocycles. The zero-order chi connectivity index (χ0) is 26.6. The summed E-state index contributed by atoms with van der Waals surface area (Å²) >= 11 is 4.14. The molecule has 1 aliphatic heterocycles. The first-order chi connectivity index (χ1) is 18.4. The number of methoxy groups -OCH3 is 1. The summed E-state index contributed by atoms with van der Waals surface area (Å²) < 4.78 is 26.2. The zero-order valence-corrected chi connectivity index (χ0v) is 23.2. The number of aromatic nitrogens is 3. The third-order valence-electron chi connectivity index (χ3n) is 6.04. The molecule has 1 N–H and O–H groups in total. The fourth-order valence-electron chi connectivity index (χ4n) is 4.22. The summed E-state index contributed by atoms with van der Waals surface area (Å²) in [5.41, 5.74) is 2.44. The second kappa shape index (κ2) is 11.8. The molecule has 1 atom stereocenters. The minimum atomic E-state index is -0.583. The summed E-state index contributed by atoms with van der Waals surface area (Å²) in [4.78, 5) is 26.7. The Morgan fingerprint density at radius 1 is 1.21 bits per heavy atom. The van der Waals surface area contributed by atoms with Crippen LogP contribution in [0.4, 0.5) is 9.39 Å². The number of nitrogens with one attached hydrogen (secondary N) is 1. The number of amides is 1. The van der Waals surface area contributed by atoms with Crippen LogP contribution in [-0.2, 0) is 20.8 Å². The molecule has 1 unspecified atom stereocenters. The predicted octanol–water partition coefficient (Wildman–Crippen LogP) is 5.88. The van der Waals surface area contributed by atoms with Crippen molar-refractivity contribution in [1.29, 1.82) is 0 Å². The molecule has 3 aromatic heterocycles. The first kappa shape index (κ1) is 26.5. The Hall–Kier alpha value is -3.06. The lowest BCUT2D eigenvalue weighted by Gasteiger charge is -2.14. The molecule has 4 aromatic rings. The largest absolute Gasteiger partial charge is 0.465 e. The molecule has 1 aliphatic rings. The van der Waals surface area contributed by atoms with Gasteiger partial charge in [-0.25, -0.2) is 9.18 Å². The lowest BCUT2D eigenvalue weighted by molar-refractivity contribution is -0.113. The number of halogens is 1. The number of hydrogen-bond acceptors (Lipinski definition) is 9. The lowest BCUT2D eigenvalue weighted by Crippen LogP contribution is -2.18.